The van der Waals surface area contributed by atoms with Crippen LogP contribution in [0.5, 0.6) is 0 Å². The van der Waals surface area contributed by atoms with Gasteiger partial charge in [0.2, 0.25) is 10.0 Å². The number of nitrogens with two attached hydrogens (primary N) is 2. The summed E-state index contributed by atoms with van der Waals surface area (Å²) in [4.78, 5) is 2.12. The Hall–Kier alpha value is -0.210. The van der Waals surface area contributed by atoms with E-state index in [1.807, 2.05) is 0 Å². The number of likely N-dealkylation sites (tertiary alicyclic amines) is 1. The standard InChI is InChI=1S/C10H23N3O3S/c11-4-1-8-16-10-2-5-13(6-3-10)7-9-17(12,14)15/h10H,1-9,11H2,(H2,12,14,15). The molecule has 1 rings (SSSR count). The third kappa shape index (κ3) is 6.95. The Morgan fingerprint density at radius 1 is 1.29 bits per heavy atom. The molecule has 0 aromatic carbocycles. The molecule has 0 aromatic rings. The summed E-state index contributed by atoms with van der Waals surface area (Å²) in [5, 5.41) is 4.97. The van der Waals surface area contributed by atoms with Crippen molar-refractivity contribution >= 4 is 10.0 Å². The van der Waals surface area contributed by atoms with Crippen LogP contribution in [0.3, 0.4) is 0 Å². The monoisotopic (exact) mass is 265 g/mol. The molecule has 1 aliphatic rings. The number of primary sulfonamides is 1. The van der Waals surface area contributed by atoms with Gasteiger partial charge in [-0.15, -0.1) is 0 Å². The van der Waals surface area contributed by atoms with Crippen molar-refractivity contribution in [1.82, 2.24) is 4.90 Å². The van der Waals surface area contributed by atoms with Crippen LogP contribution >= 0.6 is 0 Å². The van der Waals surface area contributed by atoms with Gasteiger partial charge >= 0.3 is 0 Å². The lowest BCUT2D eigenvalue weighted by molar-refractivity contribution is 0.00849. The molecule has 6 nitrogen and oxygen atoms in total. The van der Waals surface area contributed by atoms with Crippen molar-refractivity contribution in [2.24, 2.45) is 10.9 Å². The van der Waals surface area contributed by atoms with E-state index in [4.69, 9.17) is 15.6 Å². The Balaban J connectivity index is 2.13. The third-order valence-corrected chi connectivity index (χ3v) is 3.68. The molecule has 1 heterocycles. The summed E-state index contributed by atoms with van der Waals surface area (Å²) in [6, 6.07) is 0. The van der Waals surface area contributed by atoms with E-state index in [0.717, 1.165) is 39.0 Å². The molecule has 7 heteroatoms. The first kappa shape index (κ1) is 14.8. The van der Waals surface area contributed by atoms with Gasteiger partial charge in [-0.05, 0) is 25.8 Å². The lowest BCUT2D eigenvalue weighted by Gasteiger charge is -2.31. The van der Waals surface area contributed by atoms with Crippen LogP contribution in [0.1, 0.15) is 19.3 Å². The molecule has 0 amide bonds. The molecule has 0 unspecified atom stereocenters. The number of ether oxygens (including phenoxy) is 1. The number of nitrogens with zero attached hydrogens (tertiary/aromatic N) is 1. The molecule has 1 fully saturated rings. The average molecular weight is 265 g/mol. The van der Waals surface area contributed by atoms with Crippen molar-refractivity contribution in [3.8, 4) is 0 Å². The second-order valence-electron chi connectivity index (χ2n) is 4.42. The van der Waals surface area contributed by atoms with Gasteiger partial charge in [0.25, 0.3) is 0 Å². The molecule has 4 N–H and O–H groups in total. The highest BCUT2D eigenvalue weighted by atomic mass is 32.2. The zero-order valence-electron chi connectivity index (χ0n) is 10.2. The number of piperidine rings is 1. The fourth-order valence-electron chi connectivity index (χ4n) is 1.89. The molecule has 0 aromatic heterocycles. The highest BCUT2D eigenvalue weighted by molar-refractivity contribution is 7.89. The smallest absolute Gasteiger partial charge is 0.210 e. The van der Waals surface area contributed by atoms with Crippen LogP contribution in [0, 0.1) is 0 Å². The molecule has 0 aliphatic carbocycles. The van der Waals surface area contributed by atoms with Crippen molar-refractivity contribution in [3.63, 3.8) is 0 Å². The van der Waals surface area contributed by atoms with Gasteiger partial charge in [0.15, 0.2) is 0 Å². The Kier molecular flexibility index (Phi) is 6.35. The van der Waals surface area contributed by atoms with Gasteiger partial charge in [0, 0.05) is 26.2 Å². The minimum absolute atomic E-state index is 0.0334. The second-order valence-corrected chi connectivity index (χ2v) is 6.15. The lowest BCUT2D eigenvalue weighted by atomic mass is 10.1. The first-order valence-corrected chi connectivity index (χ1v) is 7.77. The Morgan fingerprint density at radius 3 is 2.47 bits per heavy atom. The number of sulfonamides is 1. The average Bonchev–Trinajstić information content (AvgIpc) is 2.27. The molecular weight excluding hydrogens is 242 g/mol. The van der Waals surface area contributed by atoms with Gasteiger partial charge in [-0.3, -0.25) is 0 Å². The Labute approximate surface area is 103 Å². The fourth-order valence-corrected chi connectivity index (χ4v) is 2.40. The van der Waals surface area contributed by atoms with Gasteiger partial charge in [-0.25, -0.2) is 13.6 Å². The number of hydrogen-bond donors (Lipinski definition) is 2. The summed E-state index contributed by atoms with van der Waals surface area (Å²) in [7, 11) is -3.34. The lowest BCUT2D eigenvalue weighted by Crippen LogP contribution is -2.40. The summed E-state index contributed by atoms with van der Waals surface area (Å²) in [6.45, 7) is 3.66. The largest absolute Gasteiger partial charge is 0.378 e. The summed E-state index contributed by atoms with van der Waals surface area (Å²) >= 11 is 0. The van der Waals surface area contributed by atoms with Crippen molar-refractivity contribution in [2.75, 3.05) is 38.5 Å². The van der Waals surface area contributed by atoms with Gasteiger partial charge in [-0.1, -0.05) is 0 Å². The minimum atomic E-state index is -3.34. The van der Waals surface area contributed by atoms with Crippen LogP contribution in [-0.2, 0) is 14.8 Å². The van der Waals surface area contributed by atoms with E-state index in [1.165, 1.54) is 0 Å². The van der Waals surface area contributed by atoms with Gasteiger partial charge in [0.1, 0.15) is 0 Å². The summed E-state index contributed by atoms with van der Waals surface area (Å²) in [5.41, 5.74) is 5.39. The third-order valence-electron chi connectivity index (χ3n) is 2.93. The Morgan fingerprint density at radius 2 is 1.94 bits per heavy atom. The zero-order chi connectivity index (χ0) is 12.7. The van der Waals surface area contributed by atoms with Crippen LogP contribution in [-0.4, -0.2) is 58.0 Å². The second kappa shape index (κ2) is 7.27. The maximum Gasteiger partial charge on any atom is 0.210 e. The van der Waals surface area contributed by atoms with E-state index in [1.54, 1.807) is 0 Å². The van der Waals surface area contributed by atoms with E-state index in [2.05, 4.69) is 4.90 Å². The molecule has 0 atom stereocenters. The van der Waals surface area contributed by atoms with Crippen molar-refractivity contribution in [1.29, 1.82) is 0 Å². The highest BCUT2D eigenvalue weighted by Crippen LogP contribution is 2.13. The van der Waals surface area contributed by atoms with E-state index in [0.29, 0.717) is 19.2 Å². The highest BCUT2D eigenvalue weighted by Gasteiger charge is 2.20. The quantitative estimate of drug-likeness (QED) is 0.582. The molecular formula is C10H23N3O3S. The molecule has 0 saturated carbocycles. The molecule has 0 bridgehead atoms. The zero-order valence-corrected chi connectivity index (χ0v) is 11.0. The van der Waals surface area contributed by atoms with Crippen molar-refractivity contribution < 1.29 is 13.2 Å². The summed E-state index contributed by atoms with van der Waals surface area (Å²) in [5.74, 6) is 0.0334. The maximum atomic E-state index is 10.8. The van der Waals surface area contributed by atoms with Crippen LogP contribution < -0.4 is 10.9 Å². The molecule has 0 spiro atoms. The van der Waals surface area contributed by atoms with Gasteiger partial charge in [-0.2, -0.15) is 0 Å². The predicted molar refractivity (Wildman–Crippen MR) is 67.1 cm³/mol. The topological polar surface area (TPSA) is 98.7 Å². The summed E-state index contributed by atoms with van der Waals surface area (Å²) in [6.07, 6.45) is 3.10. The van der Waals surface area contributed by atoms with E-state index < -0.39 is 10.0 Å². The van der Waals surface area contributed by atoms with Crippen molar-refractivity contribution in [3.05, 3.63) is 0 Å². The fraction of sp³-hybridized carbons (Fsp3) is 1.00. The maximum absolute atomic E-state index is 10.8. The van der Waals surface area contributed by atoms with E-state index in [-0.39, 0.29) is 5.75 Å². The van der Waals surface area contributed by atoms with Gasteiger partial charge in [0.05, 0.1) is 11.9 Å². The first-order chi connectivity index (χ1) is 8.01. The molecule has 102 valence electrons. The van der Waals surface area contributed by atoms with Gasteiger partial charge < -0.3 is 15.4 Å². The molecule has 17 heavy (non-hydrogen) atoms. The van der Waals surface area contributed by atoms with E-state index >= 15 is 0 Å². The molecule has 0 radical (unpaired) electrons. The molecule has 1 saturated heterocycles. The van der Waals surface area contributed by atoms with Crippen LogP contribution in [0.25, 0.3) is 0 Å². The van der Waals surface area contributed by atoms with Crippen LogP contribution in [0.2, 0.25) is 0 Å². The van der Waals surface area contributed by atoms with E-state index in [9.17, 15) is 8.42 Å². The molecule has 1 aliphatic heterocycles. The summed E-state index contributed by atoms with van der Waals surface area (Å²) < 4.78 is 27.3. The number of rotatable bonds is 7. The Bertz CT molecular complexity index is 300. The first-order valence-electron chi connectivity index (χ1n) is 6.06. The normalized spacial score (nSPS) is 19.6. The number of hydrogen-bond acceptors (Lipinski definition) is 5. The SMILES string of the molecule is NCCCOC1CCN(CCS(N)(=O)=O)CC1. The predicted octanol–water partition coefficient (Wildman–Crippen LogP) is -0.895. The van der Waals surface area contributed by atoms with Crippen LogP contribution in [0.15, 0.2) is 0 Å². The van der Waals surface area contributed by atoms with Crippen molar-refractivity contribution in [2.45, 2.75) is 25.4 Å². The van der Waals surface area contributed by atoms with Crippen LogP contribution in [0.4, 0.5) is 0 Å². The minimum Gasteiger partial charge on any atom is -0.378 e.